The maximum absolute atomic E-state index is 13.8. The lowest BCUT2D eigenvalue weighted by molar-refractivity contribution is 0.595. The van der Waals surface area contributed by atoms with Crippen molar-refractivity contribution >= 4 is 15.7 Å². The second-order valence-corrected chi connectivity index (χ2v) is 11.2. The van der Waals surface area contributed by atoms with E-state index in [1.807, 2.05) is 70.2 Å². The highest BCUT2D eigenvalue weighted by Crippen LogP contribution is 2.36. The van der Waals surface area contributed by atoms with Gasteiger partial charge < -0.3 is 0 Å². The molecule has 0 atom stereocenters. The quantitative estimate of drug-likeness (QED) is 0.485. The Morgan fingerprint density at radius 2 is 1.36 bits per heavy atom. The summed E-state index contributed by atoms with van der Waals surface area (Å²) in [6.45, 7) is 14.0. The molecule has 0 saturated carbocycles. The molecule has 0 fully saturated rings. The van der Waals surface area contributed by atoms with Gasteiger partial charge in [0.2, 0.25) is 0 Å². The average Bonchev–Trinajstić information content (AvgIpc) is 2.96. The molecule has 0 spiro atoms. The van der Waals surface area contributed by atoms with Gasteiger partial charge in [-0.3, -0.25) is 14.2 Å². The van der Waals surface area contributed by atoms with Crippen LogP contribution in [0.1, 0.15) is 81.7 Å². The molecule has 6 nitrogen and oxygen atoms in total. The van der Waals surface area contributed by atoms with Crippen molar-refractivity contribution in [2.45, 2.75) is 71.1 Å². The van der Waals surface area contributed by atoms with E-state index < -0.39 is 15.6 Å². The lowest BCUT2D eigenvalue weighted by Crippen LogP contribution is -2.24. The number of hydrogen-bond donors (Lipinski definition) is 1. The summed E-state index contributed by atoms with van der Waals surface area (Å²) in [6.07, 6.45) is 0. The van der Waals surface area contributed by atoms with Gasteiger partial charge in [0.05, 0.1) is 16.3 Å². The van der Waals surface area contributed by atoms with Gasteiger partial charge in [0.15, 0.2) is 0 Å². The van der Waals surface area contributed by atoms with Gasteiger partial charge in [-0.1, -0.05) is 71.9 Å². The Morgan fingerprint density at radius 1 is 0.848 bits per heavy atom. The van der Waals surface area contributed by atoms with E-state index in [2.05, 4.69) is 18.6 Å². The summed E-state index contributed by atoms with van der Waals surface area (Å²) in [5, 5.41) is 0. The van der Waals surface area contributed by atoms with Crippen molar-refractivity contribution in [3.05, 3.63) is 75.2 Å². The average molecular weight is 470 g/mol. The number of sulfonamides is 1. The number of hydrogen-bond acceptors (Lipinski definition) is 3. The van der Waals surface area contributed by atoms with Crippen molar-refractivity contribution in [2.75, 3.05) is 4.72 Å². The summed E-state index contributed by atoms with van der Waals surface area (Å²) in [5.41, 5.74) is 3.54. The zero-order valence-electron chi connectivity index (χ0n) is 20.8. The van der Waals surface area contributed by atoms with Crippen molar-refractivity contribution in [2.24, 2.45) is 7.05 Å². The molecule has 3 aromatic rings. The fraction of sp³-hybridized carbons (Fsp3) is 0.423. The van der Waals surface area contributed by atoms with Gasteiger partial charge in [0.1, 0.15) is 5.69 Å². The van der Waals surface area contributed by atoms with Crippen molar-refractivity contribution < 1.29 is 8.42 Å². The Kier molecular flexibility index (Phi) is 6.93. The molecule has 178 valence electrons. The second-order valence-electron chi connectivity index (χ2n) is 9.53. The SMILES string of the molecule is Cc1c(NS(=O)(=O)c2c(C(C)C)cc(C(C)C)cc2C(C)C)c(=O)n(-c2ccccc2)n1C. The molecular formula is C26H35N3O3S. The standard InChI is InChI=1S/C26H35N3O3S/c1-16(2)20-14-22(17(3)4)25(23(15-20)18(5)6)33(31,32)27-24-19(7)28(8)29(26(24)30)21-12-10-9-11-13-21/h9-18,27H,1-8H3. The van der Waals surface area contributed by atoms with Crippen LogP contribution in [-0.2, 0) is 17.1 Å². The highest BCUT2D eigenvalue weighted by molar-refractivity contribution is 7.92. The molecule has 0 saturated heterocycles. The first-order valence-electron chi connectivity index (χ1n) is 11.4. The predicted molar refractivity (Wildman–Crippen MR) is 135 cm³/mol. The van der Waals surface area contributed by atoms with Gasteiger partial charge in [0.25, 0.3) is 15.6 Å². The zero-order chi connectivity index (χ0) is 24.7. The minimum atomic E-state index is -4.01. The summed E-state index contributed by atoms with van der Waals surface area (Å²) in [5.74, 6) is 0.287. The van der Waals surface area contributed by atoms with Crippen LogP contribution in [0.25, 0.3) is 5.69 Å². The van der Waals surface area contributed by atoms with Crippen LogP contribution in [0.2, 0.25) is 0 Å². The molecule has 1 aromatic heterocycles. The van der Waals surface area contributed by atoms with E-state index in [4.69, 9.17) is 0 Å². The first-order valence-corrected chi connectivity index (χ1v) is 12.9. The second kappa shape index (κ2) is 9.21. The van der Waals surface area contributed by atoms with E-state index in [0.29, 0.717) is 11.4 Å². The molecule has 0 aliphatic heterocycles. The Bertz CT molecular complexity index is 1290. The molecule has 2 aromatic carbocycles. The summed E-state index contributed by atoms with van der Waals surface area (Å²) in [4.78, 5) is 13.6. The minimum Gasteiger partial charge on any atom is -0.283 e. The Morgan fingerprint density at radius 3 is 1.82 bits per heavy atom. The first-order chi connectivity index (χ1) is 15.4. The van der Waals surface area contributed by atoms with Crippen molar-refractivity contribution in [3.8, 4) is 5.69 Å². The van der Waals surface area contributed by atoms with Gasteiger partial charge in [-0.05, 0) is 53.5 Å². The van der Waals surface area contributed by atoms with Crippen LogP contribution in [0.5, 0.6) is 0 Å². The van der Waals surface area contributed by atoms with Crippen LogP contribution in [0.3, 0.4) is 0 Å². The monoisotopic (exact) mass is 469 g/mol. The third-order valence-corrected chi connectivity index (χ3v) is 7.62. The molecule has 3 rings (SSSR count). The number of benzene rings is 2. The summed E-state index contributed by atoms with van der Waals surface area (Å²) in [7, 11) is -2.27. The molecule has 1 heterocycles. The number of aromatic nitrogens is 2. The maximum atomic E-state index is 13.8. The van der Waals surface area contributed by atoms with Crippen molar-refractivity contribution in [1.29, 1.82) is 0 Å². The first kappa shape index (κ1) is 24.8. The van der Waals surface area contributed by atoms with Crippen LogP contribution >= 0.6 is 0 Å². The van der Waals surface area contributed by atoms with Gasteiger partial charge in [-0.2, -0.15) is 0 Å². The molecule has 0 radical (unpaired) electrons. The van der Waals surface area contributed by atoms with E-state index in [1.165, 1.54) is 4.68 Å². The Hall–Kier alpha value is -2.80. The molecule has 33 heavy (non-hydrogen) atoms. The number of nitrogens with one attached hydrogen (secondary N) is 1. The van der Waals surface area contributed by atoms with Gasteiger partial charge >= 0.3 is 0 Å². The molecule has 0 aliphatic rings. The molecule has 0 bridgehead atoms. The highest BCUT2D eigenvalue weighted by atomic mass is 32.2. The van der Waals surface area contributed by atoms with E-state index in [1.54, 1.807) is 18.7 Å². The molecule has 1 N–H and O–H groups in total. The lowest BCUT2D eigenvalue weighted by Gasteiger charge is -2.23. The third kappa shape index (κ3) is 4.64. The topological polar surface area (TPSA) is 73.1 Å². The zero-order valence-corrected chi connectivity index (χ0v) is 21.6. The fourth-order valence-corrected chi connectivity index (χ4v) is 5.89. The van der Waals surface area contributed by atoms with E-state index in [9.17, 15) is 13.2 Å². The molecular weight excluding hydrogens is 434 g/mol. The number of anilines is 1. The predicted octanol–water partition coefficient (Wildman–Crippen LogP) is 5.66. The van der Waals surface area contributed by atoms with Gasteiger partial charge in [-0.15, -0.1) is 0 Å². The minimum absolute atomic E-state index is 0.00521. The fourth-order valence-electron chi connectivity index (χ4n) is 4.07. The Labute approximate surface area is 197 Å². The smallest absolute Gasteiger partial charge is 0.283 e. The number of rotatable bonds is 7. The molecule has 7 heteroatoms. The summed E-state index contributed by atoms with van der Waals surface area (Å²) >= 11 is 0. The van der Waals surface area contributed by atoms with Gasteiger partial charge in [-0.25, -0.2) is 13.1 Å². The normalized spacial score (nSPS) is 12.2. The van der Waals surface area contributed by atoms with Crippen LogP contribution in [0.15, 0.2) is 52.2 Å². The molecule has 0 unspecified atom stereocenters. The van der Waals surface area contributed by atoms with E-state index in [-0.39, 0.29) is 28.3 Å². The maximum Gasteiger partial charge on any atom is 0.296 e. The summed E-state index contributed by atoms with van der Waals surface area (Å²) < 4.78 is 33.5. The van der Waals surface area contributed by atoms with Crippen LogP contribution in [-0.4, -0.2) is 17.8 Å². The largest absolute Gasteiger partial charge is 0.296 e. The summed E-state index contributed by atoms with van der Waals surface area (Å²) in [6, 6.07) is 13.2. The third-order valence-electron chi connectivity index (χ3n) is 6.14. The van der Waals surface area contributed by atoms with E-state index in [0.717, 1.165) is 16.7 Å². The van der Waals surface area contributed by atoms with Crippen LogP contribution in [0.4, 0.5) is 5.69 Å². The number of nitrogens with zero attached hydrogens (tertiary/aromatic N) is 2. The van der Waals surface area contributed by atoms with E-state index >= 15 is 0 Å². The van der Waals surface area contributed by atoms with Crippen molar-refractivity contribution in [3.63, 3.8) is 0 Å². The number of para-hydroxylation sites is 1. The van der Waals surface area contributed by atoms with Crippen LogP contribution < -0.4 is 10.3 Å². The van der Waals surface area contributed by atoms with Crippen LogP contribution in [0, 0.1) is 6.92 Å². The molecule has 0 amide bonds. The lowest BCUT2D eigenvalue weighted by atomic mass is 9.89. The Balaban J connectivity index is 2.22. The van der Waals surface area contributed by atoms with Gasteiger partial charge in [0, 0.05) is 7.05 Å². The van der Waals surface area contributed by atoms with Crippen molar-refractivity contribution in [1.82, 2.24) is 9.36 Å². The highest BCUT2D eigenvalue weighted by Gasteiger charge is 2.29. The molecule has 0 aliphatic carbocycles.